The molecule has 0 spiro atoms. The number of benzene rings is 1. The Morgan fingerprint density at radius 3 is 2.21 bits per heavy atom. The van der Waals surface area contributed by atoms with Crippen molar-refractivity contribution in [3.63, 3.8) is 0 Å². The fraction of sp³-hybridized carbons (Fsp3) is 0.538. The van der Waals surface area contributed by atoms with Crippen molar-refractivity contribution < 1.29 is 8.42 Å². The predicted molar refractivity (Wildman–Crippen MR) is 80.3 cm³/mol. The zero-order chi connectivity index (χ0) is 14.3. The Balaban J connectivity index is 2.19. The lowest BCUT2D eigenvalue weighted by Crippen LogP contribution is -2.46. The lowest BCUT2D eigenvalue weighted by molar-refractivity contribution is 0.458. The summed E-state index contributed by atoms with van der Waals surface area (Å²) in [4.78, 5) is 0. The van der Waals surface area contributed by atoms with Crippen LogP contribution in [0.2, 0.25) is 0 Å². The maximum Gasteiger partial charge on any atom is 0.279 e. The molecule has 1 atom stereocenters. The molecule has 19 heavy (non-hydrogen) atoms. The van der Waals surface area contributed by atoms with Gasteiger partial charge in [0.2, 0.25) is 0 Å². The third-order valence-electron chi connectivity index (χ3n) is 3.84. The van der Waals surface area contributed by atoms with Crippen LogP contribution in [-0.4, -0.2) is 32.9 Å². The molecular formula is C13H19BrN2O2S. The Morgan fingerprint density at radius 1 is 1.26 bits per heavy atom. The summed E-state index contributed by atoms with van der Waals surface area (Å²) in [7, 11) is -0.311. The molecule has 106 valence electrons. The molecule has 1 aliphatic carbocycles. The Hall–Kier alpha value is -0.430. The van der Waals surface area contributed by atoms with Crippen LogP contribution in [0, 0.1) is 0 Å². The average molecular weight is 347 g/mol. The molecule has 2 rings (SSSR count). The zero-order valence-electron chi connectivity index (χ0n) is 11.4. The molecule has 0 aliphatic heterocycles. The van der Waals surface area contributed by atoms with Crippen LogP contribution in [0.3, 0.4) is 0 Å². The number of rotatable bonds is 5. The monoisotopic (exact) mass is 346 g/mol. The van der Waals surface area contributed by atoms with Crippen LogP contribution in [0.15, 0.2) is 28.7 Å². The first-order chi connectivity index (χ1) is 8.78. The second kappa shape index (κ2) is 5.16. The Labute approximate surface area is 123 Å². The fourth-order valence-electron chi connectivity index (χ4n) is 2.33. The quantitative estimate of drug-likeness (QED) is 0.888. The summed E-state index contributed by atoms with van der Waals surface area (Å²) in [6, 6.07) is 8.03. The molecule has 1 saturated carbocycles. The van der Waals surface area contributed by atoms with Crippen LogP contribution in [0.4, 0.5) is 0 Å². The summed E-state index contributed by atoms with van der Waals surface area (Å²) >= 11 is 3.42. The van der Waals surface area contributed by atoms with Crippen LogP contribution >= 0.6 is 15.9 Å². The summed E-state index contributed by atoms with van der Waals surface area (Å²) in [5.74, 6) is 0. The molecule has 4 nitrogen and oxygen atoms in total. The highest BCUT2D eigenvalue weighted by atomic mass is 79.9. The van der Waals surface area contributed by atoms with Gasteiger partial charge in [-0.2, -0.15) is 17.4 Å². The Bertz CT molecular complexity index is 551. The largest absolute Gasteiger partial charge is 0.279 e. The van der Waals surface area contributed by atoms with Crippen molar-refractivity contribution in [3.8, 4) is 0 Å². The van der Waals surface area contributed by atoms with E-state index in [2.05, 4.69) is 32.8 Å². The molecule has 0 bridgehead atoms. The van der Waals surface area contributed by atoms with Gasteiger partial charge < -0.3 is 0 Å². The van der Waals surface area contributed by atoms with Crippen LogP contribution in [0.5, 0.6) is 0 Å². The number of hydrogen-bond acceptors (Lipinski definition) is 2. The van der Waals surface area contributed by atoms with Gasteiger partial charge in [0.15, 0.2) is 0 Å². The van der Waals surface area contributed by atoms with Crippen molar-refractivity contribution >= 4 is 26.1 Å². The molecule has 1 fully saturated rings. The van der Waals surface area contributed by atoms with Crippen molar-refractivity contribution in [2.24, 2.45) is 0 Å². The van der Waals surface area contributed by atoms with Crippen molar-refractivity contribution in [1.82, 2.24) is 9.03 Å². The third-order valence-corrected chi connectivity index (χ3v) is 5.98. The molecule has 0 radical (unpaired) electrons. The van der Waals surface area contributed by atoms with E-state index in [4.69, 9.17) is 0 Å². The van der Waals surface area contributed by atoms with Crippen molar-refractivity contribution in [3.05, 3.63) is 34.3 Å². The Kier molecular flexibility index (Phi) is 4.07. The van der Waals surface area contributed by atoms with E-state index in [1.54, 1.807) is 0 Å². The summed E-state index contributed by atoms with van der Waals surface area (Å²) in [5, 5.41) is 0. The summed E-state index contributed by atoms with van der Waals surface area (Å²) < 4.78 is 28.8. The highest BCUT2D eigenvalue weighted by Crippen LogP contribution is 2.51. The van der Waals surface area contributed by atoms with Gasteiger partial charge in [-0.05, 0) is 37.5 Å². The zero-order valence-corrected chi connectivity index (χ0v) is 13.8. The minimum Gasteiger partial charge on any atom is -0.198 e. The van der Waals surface area contributed by atoms with Gasteiger partial charge in [0.1, 0.15) is 0 Å². The van der Waals surface area contributed by atoms with E-state index >= 15 is 0 Å². The molecular weight excluding hydrogens is 328 g/mol. The van der Waals surface area contributed by atoms with Gasteiger partial charge in [0.05, 0.1) is 0 Å². The summed E-state index contributed by atoms with van der Waals surface area (Å²) in [6.07, 6.45) is 2.04. The number of hydrogen-bond donors (Lipinski definition) is 1. The minimum absolute atomic E-state index is 0.0518. The molecule has 0 amide bonds. The Morgan fingerprint density at radius 2 is 1.79 bits per heavy atom. The van der Waals surface area contributed by atoms with Gasteiger partial charge in [0, 0.05) is 30.0 Å². The average Bonchev–Trinajstić information content (AvgIpc) is 3.10. The van der Waals surface area contributed by atoms with E-state index in [0.29, 0.717) is 0 Å². The van der Waals surface area contributed by atoms with Gasteiger partial charge in [0.25, 0.3) is 10.2 Å². The molecule has 1 aromatic rings. The van der Waals surface area contributed by atoms with Crippen molar-refractivity contribution in [2.75, 3.05) is 14.1 Å². The van der Waals surface area contributed by atoms with Crippen LogP contribution in [0.1, 0.15) is 25.3 Å². The first-order valence-electron chi connectivity index (χ1n) is 6.24. The van der Waals surface area contributed by atoms with Crippen LogP contribution in [-0.2, 0) is 15.6 Å². The number of halogens is 1. The second-order valence-corrected chi connectivity index (χ2v) is 8.12. The standard InChI is InChI=1S/C13H19BrN2O2S/c1-10(15-19(17,18)16(2)3)13(8-9-13)11-4-6-12(14)7-5-11/h4-7,10,15H,8-9H2,1-3H3. The van der Waals surface area contributed by atoms with E-state index in [1.165, 1.54) is 24.0 Å². The molecule has 1 aliphatic rings. The normalized spacial score (nSPS) is 19.4. The van der Waals surface area contributed by atoms with E-state index in [0.717, 1.165) is 17.3 Å². The third kappa shape index (κ3) is 3.02. The lowest BCUT2D eigenvalue weighted by Gasteiger charge is -2.26. The highest BCUT2D eigenvalue weighted by Gasteiger charge is 2.49. The van der Waals surface area contributed by atoms with Gasteiger partial charge in [-0.25, -0.2) is 0 Å². The molecule has 0 aromatic heterocycles. The topological polar surface area (TPSA) is 49.4 Å². The minimum atomic E-state index is -3.38. The van der Waals surface area contributed by atoms with E-state index in [1.807, 2.05) is 19.1 Å². The van der Waals surface area contributed by atoms with Crippen LogP contribution in [0.25, 0.3) is 0 Å². The molecule has 6 heteroatoms. The predicted octanol–water partition coefficient (Wildman–Crippen LogP) is 2.27. The molecule has 1 N–H and O–H groups in total. The molecule has 0 saturated heterocycles. The second-order valence-electron chi connectivity index (χ2n) is 5.29. The fourth-order valence-corrected chi connectivity index (χ4v) is 3.48. The lowest BCUT2D eigenvalue weighted by atomic mass is 9.90. The molecule has 1 aromatic carbocycles. The van der Waals surface area contributed by atoms with Gasteiger partial charge in [-0.3, -0.25) is 0 Å². The number of nitrogens with one attached hydrogen (secondary N) is 1. The maximum atomic E-state index is 11.9. The SMILES string of the molecule is CC(NS(=O)(=O)N(C)C)C1(c2ccc(Br)cc2)CC1. The van der Waals surface area contributed by atoms with Crippen molar-refractivity contribution in [1.29, 1.82) is 0 Å². The van der Waals surface area contributed by atoms with Gasteiger partial charge in [-0.15, -0.1) is 0 Å². The van der Waals surface area contributed by atoms with Gasteiger partial charge >= 0.3 is 0 Å². The molecule has 1 unspecified atom stereocenters. The van der Waals surface area contributed by atoms with Crippen LogP contribution < -0.4 is 4.72 Å². The highest BCUT2D eigenvalue weighted by molar-refractivity contribution is 9.10. The van der Waals surface area contributed by atoms with E-state index in [9.17, 15) is 8.42 Å². The summed E-state index contributed by atoms with van der Waals surface area (Å²) in [5.41, 5.74) is 1.15. The smallest absolute Gasteiger partial charge is 0.198 e. The van der Waals surface area contributed by atoms with E-state index in [-0.39, 0.29) is 11.5 Å². The maximum absolute atomic E-state index is 11.9. The first kappa shape index (κ1) is 15.0. The van der Waals surface area contributed by atoms with E-state index < -0.39 is 10.2 Å². The summed E-state index contributed by atoms with van der Waals surface area (Å²) in [6.45, 7) is 1.94. The van der Waals surface area contributed by atoms with Gasteiger partial charge in [-0.1, -0.05) is 28.1 Å². The van der Waals surface area contributed by atoms with Crippen molar-refractivity contribution in [2.45, 2.75) is 31.2 Å². The first-order valence-corrected chi connectivity index (χ1v) is 8.47. The number of nitrogens with zero attached hydrogens (tertiary/aromatic N) is 1. The molecule has 0 heterocycles.